The van der Waals surface area contributed by atoms with E-state index in [-0.39, 0.29) is 17.2 Å². The summed E-state index contributed by atoms with van der Waals surface area (Å²) in [4.78, 5) is 32.7. The molecule has 0 N–H and O–H groups in total. The third kappa shape index (κ3) is 3.36. The second-order valence-electron chi connectivity index (χ2n) is 7.37. The Balaban J connectivity index is 1.40. The van der Waals surface area contributed by atoms with Crippen LogP contribution >= 0.6 is 0 Å². The number of piperidine rings is 2. The zero-order valence-corrected chi connectivity index (χ0v) is 14.8. The molecule has 2 aliphatic rings. The number of rotatable bonds is 3. The van der Waals surface area contributed by atoms with Crippen molar-refractivity contribution < 1.29 is 14.0 Å². The fraction of sp³-hybridized carbons (Fsp3) is 0.450. The van der Waals surface area contributed by atoms with Crippen molar-refractivity contribution in [3.63, 3.8) is 0 Å². The van der Waals surface area contributed by atoms with E-state index in [9.17, 15) is 9.59 Å². The predicted octanol–water partition coefficient (Wildman–Crippen LogP) is 2.72. The Morgan fingerprint density at radius 3 is 2.62 bits per heavy atom. The van der Waals surface area contributed by atoms with E-state index in [0.29, 0.717) is 18.7 Å². The fourth-order valence-corrected chi connectivity index (χ4v) is 4.10. The van der Waals surface area contributed by atoms with Crippen LogP contribution < -0.4 is 0 Å². The predicted molar refractivity (Wildman–Crippen MR) is 95.2 cm³/mol. The maximum absolute atomic E-state index is 12.5. The average molecular weight is 353 g/mol. The molecule has 0 atom stereocenters. The first-order valence-corrected chi connectivity index (χ1v) is 9.15. The van der Waals surface area contributed by atoms with Crippen molar-refractivity contribution in [2.75, 3.05) is 19.6 Å². The first-order valence-electron chi connectivity index (χ1n) is 9.15. The number of nitrogens with zero attached hydrogens (tertiary/aromatic N) is 3. The van der Waals surface area contributed by atoms with Crippen molar-refractivity contribution in [3.8, 4) is 0 Å². The number of hydrogen-bond acceptors (Lipinski definition) is 4. The molecule has 26 heavy (non-hydrogen) atoms. The van der Waals surface area contributed by atoms with Gasteiger partial charge in [-0.05, 0) is 54.5 Å². The molecule has 4 heterocycles. The molecular weight excluding hydrogens is 330 g/mol. The number of aromatic nitrogens is 1. The van der Waals surface area contributed by atoms with E-state index in [1.807, 2.05) is 21.9 Å². The Morgan fingerprint density at radius 1 is 1.15 bits per heavy atom. The molecule has 6 heteroatoms. The lowest BCUT2D eigenvalue weighted by atomic mass is 9.72. The van der Waals surface area contributed by atoms with Crippen LogP contribution in [-0.4, -0.2) is 46.2 Å². The standard InChI is InChI=1S/C20H23N3O3/c24-18-3-6-20(15-23(18)14-16-4-9-21-10-5-16)7-11-22(12-8-20)19(25)17-2-1-13-26-17/h1-2,4-5,9-10,13H,3,6-8,11-12,14-15H2. The minimum absolute atomic E-state index is 0.0367. The Kier molecular flexibility index (Phi) is 4.49. The van der Waals surface area contributed by atoms with Gasteiger partial charge in [0.15, 0.2) is 5.76 Å². The van der Waals surface area contributed by atoms with E-state index in [2.05, 4.69) is 4.98 Å². The highest BCUT2D eigenvalue weighted by molar-refractivity contribution is 5.91. The van der Waals surface area contributed by atoms with Crippen LogP contribution in [0.2, 0.25) is 0 Å². The molecule has 0 radical (unpaired) electrons. The molecule has 6 nitrogen and oxygen atoms in total. The van der Waals surface area contributed by atoms with Crippen LogP contribution in [0.25, 0.3) is 0 Å². The zero-order valence-electron chi connectivity index (χ0n) is 14.8. The second kappa shape index (κ2) is 6.94. The lowest BCUT2D eigenvalue weighted by Gasteiger charge is -2.47. The molecule has 0 aliphatic carbocycles. The number of amides is 2. The maximum Gasteiger partial charge on any atom is 0.289 e. The molecular formula is C20H23N3O3. The summed E-state index contributed by atoms with van der Waals surface area (Å²) < 4.78 is 5.23. The summed E-state index contributed by atoms with van der Waals surface area (Å²) in [5.74, 6) is 0.589. The number of furan rings is 1. The van der Waals surface area contributed by atoms with Crippen molar-refractivity contribution in [2.24, 2.45) is 5.41 Å². The lowest BCUT2D eigenvalue weighted by Crippen LogP contribution is -2.52. The van der Waals surface area contributed by atoms with Gasteiger partial charge in [0.25, 0.3) is 5.91 Å². The summed E-state index contributed by atoms with van der Waals surface area (Å²) in [5, 5.41) is 0. The number of carbonyl (C=O) groups is 2. The molecule has 136 valence electrons. The summed E-state index contributed by atoms with van der Waals surface area (Å²) >= 11 is 0. The normalized spacial score (nSPS) is 19.8. The van der Waals surface area contributed by atoms with Gasteiger partial charge in [-0.2, -0.15) is 0 Å². The van der Waals surface area contributed by atoms with Crippen molar-refractivity contribution in [2.45, 2.75) is 32.2 Å². The summed E-state index contributed by atoms with van der Waals surface area (Å²) in [6.45, 7) is 2.85. The van der Waals surface area contributed by atoms with Crippen LogP contribution in [0, 0.1) is 5.41 Å². The van der Waals surface area contributed by atoms with Gasteiger partial charge in [-0.1, -0.05) is 0 Å². The van der Waals surface area contributed by atoms with Crippen LogP contribution in [0.1, 0.15) is 41.8 Å². The summed E-state index contributed by atoms with van der Waals surface area (Å²) in [6.07, 6.45) is 8.43. The summed E-state index contributed by atoms with van der Waals surface area (Å²) in [6, 6.07) is 7.36. The molecule has 4 rings (SSSR count). The highest BCUT2D eigenvalue weighted by Crippen LogP contribution is 2.40. The molecule has 2 saturated heterocycles. The highest BCUT2D eigenvalue weighted by Gasteiger charge is 2.41. The van der Waals surface area contributed by atoms with Crippen LogP contribution in [0.3, 0.4) is 0 Å². The number of carbonyl (C=O) groups excluding carboxylic acids is 2. The smallest absolute Gasteiger partial charge is 0.289 e. The van der Waals surface area contributed by atoms with Crippen molar-refractivity contribution in [3.05, 3.63) is 54.2 Å². The van der Waals surface area contributed by atoms with Gasteiger partial charge in [-0.25, -0.2) is 0 Å². The molecule has 2 aromatic heterocycles. The van der Waals surface area contributed by atoms with Gasteiger partial charge in [0, 0.05) is 45.0 Å². The average Bonchev–Trinajstić information content (AvgIpc) is 3.21. The second-order valence-corrected chi connectivity index (χ2v) is 7.37. The van der Waals surface area contributed by atoms with E-state index < -0.39 is 0 Å². The summed E-state index contributed by atoms with van der Waals surface area (Å²) in [7, 11) is 0. The van der Waals surface area contributed by atoms with Crippen LogP contribution in [0.5, 0.6) is 0 Å². The number of hydrogen-bond donors (Lipinski definition) is 0. The highest BCUT2D eigenvalue weighted by atomic mass is 16.3. The van der Waals surface area contributed by atoms with Gasteiger partial charge in [0.05, 0.1) is 6.26 Å². The van der Waals surface area contributed by atoms with E-state index in [1.54, 1.807) is 24.5 Å². The Bertz CT molecular complexity index is 765. The van der Waals surface area contributed by atoms with Crippen LogP contribution in [0.15, 0.2) is 47.3 Å². The van der Waals surface area contributed by atoms with Gasteiger partial charge in [-0.3, -0.25) is 14.6 Å². The van der Waals surface area contributed by atoms with Gasteiger partial charge in [0.1, 0.15) is 0 Å². The van der Waals surface area contributed by atoms with Gasteiger partial charge >= 0.3 is 0 Å². The SMILES string of the molecule is O=C1CCC2(CCN(C(=O)c3ccco3)CC2)CN1Cc1ccncc1. The zero-order chi connectivity index (χ0) is 18.0. The minimum Gasteiger partial charge on any atom is -0.459 e. The van der Waals surface area contributed by atoms with Crippen molar-refractivity contribution in [1.29, 1.82) is 0 Å². The lowest BCUT2D eigenvalue weighted by molar-refractivity contribution is -0.139. The molecule has 0 unspecified atom stereocenters. The van der Waals surface area contributed by atoms with Gasteiger partial charge < -0.3 is 14.2 Å². The molecule has 0 bridgehead atoms. The third-order valence-corrected chi connectivity index (χ3v) is 5.71. The topological polar surface area (TPSA) is 66.7 Å². The van der Waals surface area contributed by atoms with Gasteiger partial charge in [-0.15, -0.1) is 0 Å². The molecule has 0 saturated carbocycles. The monoisotopic (exact) mass is 353 g/mol. The summed E-state index contributed by atoms with van der Waals surface area (Å²) in [5.41, 5.74) is 1.23. The molecule has 2 aliphatic heterocycles. The van der Waals surface area contributed by atoms with E-state index >= 15 is 0 Å². The third-order valence-electron chi connectivity index (χ3n) is 5.71. The molecule has 2 amide bonds. The number of pyridine rings is 1. The largest absolute Gasteiger partial charge is 0.459 e. The van der Waals surface area contributed by atoms with Crippen LogP contribution in [-0.2, 0) is 11.3 Å². The Morgan fingerprint density at radius 2 is 1.92 bits per heavy atom. The van der Waals surface area contributed by atoms with Crippen molar-refractivity contribution in [1.82, 2.24) is 14.8 Å². The Hall–Kier alpha value is -2.63. The van der Waals surface area contributed by atoms with E-state index in [0.717, 1.165) is 44.5 Å². The van der Waals surface area contributed by atoms with Crippen molar-refractivity contribution >= 4 is 11.8 Å². The molecule has 1 spiro atoms. The molecule has 2 fully saturated rings. The Labute approximate surface area is 152 Å². The molecule has 2 aromatic rings. The first-order chi connectivity index (χ1) is 12.7. The molecule has 0 aromatic carbocycles. The quantitative estimate of drug-likeness (QED) is 0.851. The van der Waals surface area contributed by atoms with E-state index in [4.69, 9.17) is 4.42 Å². The first kappa shape index (κ1) is 16.8. The van der Waals surface area contributed by atoms with E-state index in [1.165, 1.54) is 6.26 Å². The fourth-order valence-electron chi connectivity index (χ4n) is 4.10. The number of likely N-dealkylation sites (tertiary alicyclic amines) is 2. The minimum atomic E-state index is -0.0367. The van der Waals surface area contributed by atoms with Gasteiger partial charge in [0.2, 0.25) is 5.91 Å². The van der Waals surface area contributed by atoms with Crippen LogP contribution in [0.4, 0.5) is 0 Å². The maximum atomic E-state index is 12.5.